The molecule has 0 amide bonds. The first-order valence-electron chi connectivity index (χ1n) is 10.1. The number of benzene rings is 4. The molecule has 0 N–H and O–H groups in total. The summed E-state index contributed by atoms with van der Waals surface area (Å²) in [5.41, 5.74) is 6.16. The van der Waals surface area contributed by atoms with Gasteiger partial charge in [0.1, 0.15) is 0 Å². The van der Waals surface area contributed by atoms with Crippen LogP contribution in [0.2, 0.25) is 0 Å². The first-order valence-corrected chi connectivity index (χ1v) is 10.1. The van der Waals surface area contributed by atoms with E-state index in [1.54, 1.807) is 6.08 Å². The molecule has 30 heavy (non-hydrogen) atoms. The normalized spacial score (nSPS) is 14.0. The minimum atomic E-state index is 0.0376. The van der Waals surface area contributed by atoms with Crippen molar-refractivity contribution in [3.8, 4) is 0 Å². The summed E-state index contributed by atoms with van der Waals surface area (Å²) in [5, 5.41) is 2.24. The van der Waals surface area contributed by atoms with Crippen LogP contribution in [0.5, 0.6) is 0 Å². The highest BCUT2D eigenvalue weighted by molar-refractivity contribution is 6.32. The molecule has 0 saturated heterocycles. The lowest BCUT2D eigenvalue weighted by Crippen LogP contribution is -2.05. The molecule has 0 aromatic heterocycles. The second kappa shape index (κ2) is 7.81. The number of rotatable bonds is 3. The fourth-order valence-corrected chi connectivity index (χ4v) is 4.03. The van der Waals surface area contributed by atoms with E-state index in [4.69, 9.17) is 0 Å². The molecule has 0 spiro atoms. The van der Waals surface area contributed by atoms with Crippen LogP contribution in [0.1, 0.15) is 22.3 Å². The SMILES string of the molecule is O=C1C=Cc2ccc3ccccc3c2/C1=C\C=C(c1ccccc1)c1ccccc1. The summed E-state index contributed by atoms with van der Waals surface area (Å²) in [6.07, 6.45) is 7.64. The van der Waals surface area contributed by atoms with Gasteiger partial charge < -0.3 is 0 Å². The highest BCUT2D eigenvalue weighted by Gasteiger charge is 2.19. The van der Waals surface area contributed by atoms with E-state index in [0.29, 0.717) is 0 Å². The first kappa shape index (κ1) is 18.1. The minimum absolute atomic E-state index is 0.0376. The van der Waals surface area contributed by atoms with Crippen molar-refractivity contribution in [1.29, 1.82) is 0 Å². The second-order valence-electron chi connectivity index (χ2n) is 7.34. The van der Waals surface area contributed by atoms with Gasteiger partial charge in [-0.25, -0.2) is 0 Å². The molecule has 0 aliphatic heterocycles. The second-order valence-corrected chi connectivity index (χ2v) is 7.34. The lowest BCUT2D eigenvalue weighted by molar-refractivity contribution is -0.109. The summed E-state index contributed by atoms with van der Waals surface area (Å²) >= 11 is 0. The molecule has 0 saturated carbocycles. The van der Waals surface area contributed by atoms with Crippen molar-refractivity contribution in [2.45, 2.75) is 0 Å². The maximum absolute atomic E-state index is 12.9. The van der Waals surface area contributed by atoms with E-state index in [9.17, 15) is 4.79 Å². The maximum Gasteiger partial charge on any atom is 0.186 e. The van der Waals surface area contributed by atoms with Gasteiger partial charge in [-0.2, -0.15) is 0 Å². The number of carbonyl (C=O) groups is 1. The van der Waals surface area contributed by atoms with Gasteiger partial charge in [-0.05, 0) is 45.2 Å². The van der Waals surface area contributed by atoms with Crippen molar-refractivity contribution >= 4 is 33.8 Å². The Labute approximate surface area is 176 Å². The van der Waals surface area contributed by atoms with Gasteiger partial charge in [0.2, 0.25) is 0 Å². The number of hydrogen-bond donors (Lipinski definition) is 0. The van der Waals surface area contributed by atoms with Crippen LogP contribution < -0.4 is 0 Å². The van der Waals surface area contributed by atoms with E-state index >= 15 is 0 Å². The zero-order chi connectivity index (χ0) is 20.3. The topological polar surface area (TPSA) is 17.1 Å². The van der Waals surface area contributed by atoms with Crippen LogP contribution in [0.25, 0.3) is 28.0 Å². The standard InChI is InChI=1S/C29H20O/c30-28-20-17-24-16-15-23-13-7-8-14-26(23)29(24)27(28)19-18-25(21-9-3-1-4-10-21)22-11-5-2-6-12-22/h1-20H/b27-19-. The zero-order valence-electron chi connectivity index (χ0n) is 16.5. The predicted octanol–water partition coefficient (Wildman–Crippen LogP) is 6.95. The summed E-state index contributed by atoms with van der Waals surface area (Å²) in [7, 11) is 0. The lowest BCUT2D eigenvalue weighted by Gasteiger charge is -2.16. The molecule has 0 heterocycles. The van der Waals surface area contributed by atoms with Gasteiger partial charge in [0.25, 0.3) is 0 Å². The Balaban J connectivity index is 1.72. The van der Waals surface area contributed by atoms with Gasteiger partial charge >= 0.3 is 0 Å². The van der Waals surface area contributed by atoms with Gasteiger partial charge in [-0.1, -0.05) is 109 Å². The smallest absolute Gasteiger partial charge is 0.186 e. The molecule has 0 unspecified atom stereocenters. The fourth-order valence-electron chi connectivity index (χ4n) is 4.03. The number of ketones is 1. The first-order chi connectivity index (χ1) is 14.8. The third-order valence-electron chi connectivity index (χ3n) is 5.50. The molecule has 1 heteroatoms. The Morgan fingerprint density at radius 2 is 1.27 bits per heavy atom. The number of fused-ring (bicyclic) bond motifs is 3. The third kappa shape index (κ3) is 3.31. The van der Waals surface area contributed by atoms with Crippen LogP contribution in [0.15, 0.2) is 115 Å². The molecular weight excluding hydrogens is 364 g/mol. The number of carbonyl (C=O) groups excluding carboxylic acids is 1. The quantitative estimate of drug-likeness (QED) is 0.349. The summed E-state index contributed by atoms with van der Waals surface area (Å²) in [4.78, 5) is 12.9. The van der Waals surface area contributed by atoms with Crippen molar-refractivity contribution < 1.29 is 4.79 Å². The Bertz CT molecular complexity index is 1280. The Hall–Kier alpha value is -3.97. The summed E-state index contributed by atoms with van der Waals surface area (Å²) < 4.78 is 0. The van der Waals surface area contributed by atoms with Crippen molar-refractivity contribution in [1.82, 2.24) is 0 Å². The van der Waals surface area contributed by atoms with E-state index in [-0.39, 0.29) is 5.78 Å². The molecule has 0 atom stereocenters. The van der Waals surface area contributed by atoms with Crippen molar-refractivity contribution in [2.24, 2.45) is 0 Å². The summed E-state index contributed by atoms with van der Waals surface area (Å²) in [5.74, 6) is 0.0376. The molecule has 0 bridgehead atoms. The molecule has 4 aromatic carbocycles. The van der Waals surface area contributed by atoms with E-state index < -0.39 is 0 Å². The molecule has 0 fully saturated rings. The van der Waals surface area contributed by atoms with E-state index in [1.165, 1.54) is 0 Å². The van der Waals surface area contributed by atoms with Crippen molar-refractivity contribution in [3.05, 3.63) is 138 Å². The van der Waals surface area contributed by atoms with E-state index in [1.807, 2.05) is 60.7 Å². The third-order valence-corrected chi connectivity index (χ3v) is 5.50. The monoisotopic (exact) mass is 384 g/mol. The Morgan fingerprint density at radius 3 is 1.97 bits per heavy atom. The highest BCUT2D eigenvalue weighted by Crippen LogP contribution is 2.34. The van der Waals surface area contributed by atoms with Crippen LogP contribution in [-0.4, -0.2) is 5.78 Å². The Morgan fingerprint density at radius 1 is 0.633 bits per heavy atom. The van der Waals surface area contributed by atoms with Crippen molar-refractivity contribution in [2.75, 3.05) is 0 Å². The van der Waals surface area contributed by atoms with Gasteiger partial charge in [0.15, 0.2) is 5.78 Å². The van der Waals surface area contributed by atoms with Crippen LogP contribution >= 0.6 is 0 Å². The van der Waals surface area contributed by atoms with E-state index in [0.717, 1.165) is 44.2 Å². The van der Waals surface area contributed by atoms with Crippen LogP contribution in [-0.2, 0) is 4.79 Å². The average Bonchev–Trinajstić information content (AvgIpc) is 2.81. The number of allylic oxidation sites excluding steroid dienone is 4. The molecule has 5 rings (SSSR count). The molecule has 1 aliphatic carbocycles. The molecule has 4 aromatic rings. The zero-order valence-corrected chi connectivity index (χ0v) is 16.5. The molecule has 0 radical (unpaired) electrons. The van der Waals surface area contributed by atoms with Crippen LogP contribution in [0.3, 0.4) is 0 Å². The van der Waals surface area contributed by atoms with Gasteiger partial charge in [0.05, 0.1) is 0 Å². The maximum atomic E-state index is 12.9. The largest absolute Gasteiger partial charge is 0.289 e. The lowest BCUT2D eigenvalue weighted by atomic mass is 9.86. The summed E-state index contributed by atoms with van der Waals surface area (Å²) in [6.45, 7) is 0. The predicted molar refractivity (Wildman–Crippen MR) is 126 cm³/mol. The number of hydrogen-bond acceptors (Lipinski definition) is 1. The molecule has 1 aliphatic rings. The van der Waals surface area contributed by atoms with Gasteiger partial charge in [0, 0.05) is 11.1 Å². The van der Waals surface area contributed by atoms with Crippen LogP contribution in [0.4, 0.5) is 0 Å². The minimum Gasteiger partial charge on any atom is -0.289 e. The van der Waals surface area contributed by atoms with Gasteiger partial charge in [-0.3, -0.25) is 4.79 Å². The van der Waals surface area contributed by atoms with E-state index in [2.05, 4.69) is 54.6 Å². The van der Waals surface area contributed by atoms with Gasteiger partial charge in [-0.15, -0.1) is 0 Å². The average molecular weight is 384 g/mol. The Kier molecular flexibility index (Phi) is 4.71. The summed E-state index contributed by atoms with van der Waals surface area (Å²) in [6, 6.07) is 33.0. The van der Waals surface area contributed by atoms with Crippen LogP contribution in [0, 0.1) is 0 Å². The highest BCUT2D eigenvalue weighted by atomic mass is 16.1. The molecule has 1 nitrogen and oxygen atoms in total. The molecule has 142 valence electrons. The molecular formula is C29H20O. The van der Waals surface area contributed by atoms with Crippen molar-refractivity contribution in [3.63, 3.8) is 0 Å². The fraction of sp³-hybridized carbons (Fsp3) is 0.